The zero-order chi connectivity index (χ0) is 16.2. The molecule has 0 aliphatic carbocycles. The zero-order valence-corrected chi connectivity index (χ0v) is 12.5. The van der Waals surface area contributed by atoms with Gasteiger partial charge in [-0.25, -0.2) is 9.97 Å². The molecule has 1 aliphatic heterocycles. The minimum atomic E-state index is -0.926. The largest absolute Gasteiger partial charge is 0.481 e. The summed E-state index contributed by atoms with van der Waals surface area (Å²) in [5.41, 5.74) is 1.68. The second-order valence-electron chi connectivity index (χ2n) is 5.66. The molecule has 118 valence electrons. The van der Waals surface area contributed by atoms with E-state index in [1.165, 1.54) is 6.33 Å². The lowest BCUT2D eigenvalue weighted by atomic mass is 9.89. The van der Waals surface area contributed by atoms with Crippen molar-refractivity contribution in [1.82, 2.24) is 14.9 Å². The van der Waals surface area contributed by atoms with E-state index in [1.807, 2.05) is 30.3 Å². The van der Waals surface area contributed by atoms with Crippen LogP contribution in [-0.4, -0.2) is 38.4 Å². The van der Waals surface area contributed by atoms with Gasteiger partial charge in [-0.05, 0) is 18.1 Å². The number of hydrogen-bond donors (Lipinski definition) is 1. The van der Waals surface area contributed by atoms with Crippen LogP contribution < -0.4 is 0 Å². The average Bonchev–Trinajstić information content (AvgIpc) is 2.86. The molecule has 6 nitrogen and oxygen atoms in total. The molecule has 1 amide bonds. The predicted octanol–water partition coefficient (Wildman–Crippen LogP) is 1.38. The van der Waals surface area contributed by atoms with Gasteiger partial charge in [0.25, 0.3) is 0 Å². The van der Waals surface area contributed by atoms with Crippen molar-refractivity contribution in [2.45, 2.75) is 13.0 Å². The van der Waals surface area contributed by atoms with Gasteiger partial charge in [0.05, 0.1) is 24.1 Å². The molecule has 2 heterocycles. The number of aliphatic carboxylic acids is 1. The number of nitrogens with zero attached hydrogens (tertiary/aromatic N) is 3. The molecule has 0 bridgehead atoms. The van der Waals surface area contributed by atoms with Gasteiger partial charge in [-0.1, -0.05) is 30.3 Å². The first-order valence-electron chi connectivity index (χ1n) is 7.45. The monoisotopic (exact) mass is 311 g/mol. The van der Waals surface area contributed by atoms with E-state index in [0.29, 0.717) is 18.7 Å². The molecule has 23 heavy (non-hydrogen) atoms. The number of likely N-dealkylation sites (tertiary alicyclic amines) is 1. The lowest BCUT2D eigenvalue weighted by molar-refractivity contribution is -0.144. The smallest absolute Gasteiger partial charge is 0.309 e. The molecule has 2 aromatic rings. The van der Waals surface area contributed by atoms with Crippen molar-refractivity contribution in [3.63, 3.8) is 0 Å². The summed E-state index contributed by atoms with van der Waals surface area (Å²) in [6.45, 7) is 0.534. The zero-order valence-electron chi connectivity index (χ0n) is 12.5. The van der Waals surface area contributed by atoms with Crippen LogP contribution in [0.2, 0.25) is 0 Å². The van der Waals surface area contributed by atoms with Crippen LogP contribution in [0.5, 0.6) is 0 Å². The molecule has 1 aliphatic rings. The highest BCUT2D eigenvalue weighted by Gasteiger charge is 2.44. The molecule has 0 saturated carbocycles. The van der Waals surface area contributed by atoms with Crippen LogP contribution in [0.4, 0.5) is 0 Å². The summed E-state index contributed by atoms with van der Waals surface area (Å²) in [4.78, 5) is 33.7. The predicted molar refractivity (Wildman–Crippen MR) is 82.2 cm³/mol. The Labute approximate surface area is 133 Å². The lowest BCUT2D eigenvalue weighted by Gasteiger charge is -2.15. The molecule has 3 rings (SSSR count). The molecule has 1 N–H and O–H groups in total. The van der Waals surface area contributed by atoms with E-state index in [-0.39, 0.29) is 12.5 Å². The summed E-state index contributed by atoms with van der Waals surface area (Å²) in [6, 6.07) is 11.2. The average molecular weight is 311 g/mol. The van der Waals surface area contributed by atoms with E-state index in [4.69, 9.17) is 0 Å². The number of carboxylic acids is 1. The second-order valence-corrected chi connectivity index (χ2v) is 5.66. The van der Waals surface area contributed by atoms with E-state index in [9.17, 15) is 14.7 Å². The fourth-order valence-electron chi connectivity index (χ4n) is 2.96. The van der Waals surface area contributed by atoms with Crippen molar-refractivity contribution in [2.75, 3.05) is 6.54 Å². The first kappa shape index (κ1) is 15.1. The maximum absolute atomic E-state index is 12.6. The van der Waals surface area contributed by atoms with Gasteiger partial charge in [-0.2, -0.15) is 0 Å². The van der Waals surface area contributed by atoms with E-state index >= 15 is 0 Å². The number of rotatable bonds is 5. The first-order chi connectivity index (χ1) is 11.1. The number of aromatic nitrogens is 2. The van der Waals surface area contributed by atoms with Crippen molar-refractivity contribution in [1.29, 1.82) is 0 Å². The Morgan fingerprint density at radius 2 is 2.04 bits per heavy atom. The van der Waals surface area contributed by atoms with Crippen LogP contribution in [0.15, 0.2) is 48.9 Å². The number of benzene rings is 1. The third kappa shape index (κ3) is 3.36. The van der Waals surface area contributed by atoms with Crippen LogP contribution in [0.3, 0.4) is 0 Å². The Bertz CT molecular complexity index is 691. The van der Waals surface area contributed by atoms with Crippen LogP contribution >= 0.6 is 0 Å². The summed E-state index contributed by atoms with van der Waals surface area (Å²) in [7, 11) is 0. The summed E-state index contributed by atoms with van der Waals surface area (Å²) >= 11 is 0. The third-order valence-electron chi connectivity index (χ3n) is 4.14. The molecular weight excluding hydrogens is 294 g/mol. The normalized spacial score (nSPS) is 20.7. The summed E-state index contributed by atoms with van der Waals surface area (Å²) < 4.78 is 0. The Morgan fingerprint density at radius 3 is 2.70 bits per heavy atom. The number of carboxylic acid groups (broad SMARTS) is 1. The van der Waals surface area contributed by atoms with Crippen LogP contribution in [0.1, 0.15) is 11.3 Å². The topological polar surface area (TPSA) is 83.4 Å². The van der Waals surface area contributed by atoms with Crippen molar-refractivity contribution in [3.05, 3.63) is 60.2 Å². The van der Waals surface area contributed by atoms with Crippen molar-refractivity contribution in [3.8, 4) is 0 Å². The van der Waals surface area contributed by atoms with Gasteiger partial charge in [-0.3, -0.25) is 9.59 Å². The molecular formula is C17H17N3O3. The van der Waals surface area contributed by atoms with Crippen LogP contribution in [-0.2, 0) is 22.6 Å². The summed E-state index contributed by atoms with van der Waals surface area (Å²) in [5, 5.41) is 9.46. The molecule has 0 spiro atoms. The molecule has 1 aromatic heterocycles. The molecule has 0 radical (unpaired) electrons. The summed E-state index contributed by atoms with van der Waals surface area (Å²) in [5.74, 6) is -2.27. The van der Waals surface area contributed by atoms with Gasteiger partial charge in [0.1, 0.15) is 6.33 Å². The fourth-order valence-corrected chi connectivity index (χ4v) is 2.96. The Kier molecular flexibility index (Phi) is 4.32. The Balaban J connectivity index is 1.78. The number of carbonyl (C=O) groups excluding carboxylic acids is 1. The summed E-state index contributed by atoms with van der Waals surface area (Å²) in [6.07, 6.45) is 3.47. The number of carbonyl (C=O) groups is 2. The third-order valence-corrected chi connectivity index (χ3v) is 4.14. The highest BCUT2D eigenvalue weighted by Crippen LogP contribution is 2.29. The van der Waals surface area contributed by atoms with Gasteiger partial charge in [-0.15, -0.1) is 0 Å². The minimum Gasteiger partial charge on any atom is -0.481 e. The standard InChI is InChI=1S/C17H17N3O3/c21-16-14(8-12-4-2-1-3-5-12)15(17(22)23)10-20(16)9-13-6-7-18-11-19-13/h1-7,11,14-15H,8-10H2,(H,22,23)/t14-,15+/m1/s1. The van der Waals surface area contributed by atoms with Crippen LogP contribution in [0, 0.1) is 11.8 Å². The van der Waals surface area contributed by atoms with Gasteiger partial charge in [0.2, 0.25) is 5.91 Å². The van der Waals surface area contributed by atoms with Crippen molar-refractivity contribution >= 4 is 11.9 Å². The molecule has 1 saturated heterocycles. The minimum absolute atomic E-state index is 0.125. The lowest BCUT2D eigenvalue weighted by Crippen LogP contribution is -2.28. The Hall–Kier alpha value is -2.76. The van der Waals surface area contributed by atoms with E-state index < -0.39 is 17.8 Å². The van der Waals surface area contributed by atoms with Gasteiger partial charge in [0.15, 0.2) is 0 Å². The van der Waals surface area contributed by atoms with Gasteiger partial charge >= 0.3 is 5.97 Å². The Morgan fingerprint density at radius 1 is 1.26 bits per heavy atom. The van der Waals surface area contributed by atoms with E-state index in [2.05, 4.69) is 9.97 Å². The molecule has 1 fully saturated rings. The van der Waals surface area contributed by atoms with Crippen molar-refractivity contribution < 1.29 is 14.7 Å². The molecule has 1 aromatic carbocycles. The van der Waals surface area contributed by atoms with Gasteiger partial charge < -0.3 is 10.0 Å². The van der Waals surface area contributed by atoms with Gasteiger partial charge in [0, 0.05) is 12.7 Å². The molecule has 0 unspecified atom stereocenters. The quantitative estimate of drug-likeness (QED) is 0.902. The van der Waals surface area contributed by atoms with E-state index in [0.717, 1.165) is 5.56 Å². The van der Waals surface area contributed by atoms with Crippen LogP contribution in [0.25, 0.3) is 0 Å². The van der Waals surface area contributed by atoms with Crippen molar-refractivity contribution in [2.24, 2.45) is 11.8 Å². The second kappa shape index (κ2) is 6.56. The molecule has 2 atom stereocenters. The maximum atomic E-state index is 12.6. The molecule has 6 heteroatoms. The number of amides is 1. The highest BCUT2D eigenvalue weighted by molar-refractivity contribution is 5.88. The maximum Gasteiger partial charge on any atom is 0.309 e. The first-order valence-corrected chi connectivity index (χ1v) is 7.45. The van der Waals surface area contributed by atoms with E-state index in [1.54, 1.807) is 17.2 Å². The highest BCUT2D eigenvalue weighted by atomic mass is 16.4. The fraction of sp³-hybridized carbons (Fsp3) is 0.294. The SMILES string of the molecule is O=C(O)[C@H]1CN(Cc2ccncn2)C(=O)[C@@H]1Cc1ccccc1. The number of hydrogen-bond acceptors (Lipinski definition) is 4.